The topological polar surface area (TPSA) is 86.1 Å². The summed E-state index contributed by atoms with van der Waals surface area (Å²) >= 11 is 2.83. The van der Waals surface area contributed by atoms with E-state index in [1.165, 1.54) is 28.0 Å². The first kappa shape index (κ1) is 22.5. The zero-order chi connectivity index (χ0) is 22.5. The Labute approximate surface area is 195 Å². The number of hydrogen-bond donors (Lipinski definition) is 1. The number of benzene rings is 1. The van der Waals surface area contributed by atoms with E-state index < -0.39 is 0 Å². The Bertz CT molecular complexity index is 1110. The van der Waals surface area contributed by atoms with Crippen molar-refractivity contribution in [1.82, 2.24) is 14.8 Å². The molecule has 0 atom stereocenters. The van der Waals surface area contributed by atoms with Gasteiger partial charge in [-0.1, -0.05) is 36.9 Å². The Morgan fingerprint density at radius 3 is 2.69 bits per heavy atom. The molecular weight excluding hydrogens is 444 g/mol. The summed E-state index contributed by atoms with van der Waals surface area (Å²) in [4.78, 5) is 26.6. The molecule has 0 saturated carbocycles. The number of thioether (sulfide) groups is 1. The van der Waals surface area contributed by atoms with Crippen LogP contribution in [0.25, 0.3) is 5.69 Å². The van der Waals surface area contributed by atoms with Gasteiger partial charge in [0.2, 0.25) is 5.91 Å². The second-order valence-corrected chi connectivity index (χ2v) is 9.44. The summed E-state index contributed by atoms with van der Waals surface area (Å²) in [7, 11) is 0. The Morgan fingerprint density at radius 1 is 1.16 bits per heavy atom. The van der Waals surface area contributed by atoms with Crippen molar-refractivity contribution in [3.63, 3.8) is 0 Å². The molecule has 1 aliphatic carbocycles. The first-order valence-corrected chi connectivity index (χ1v) is 12.7. The van der Waals surface area contributed by atoms with Crippen LogP contribution in [0.15, 0.2) is 35.5 Å². The van der Waals surface area contributed by atoms with E-state index in [-0.39, 0.29) is 17.6 Å². The van der Waals surface area contributed by atoms with Gasteiger partial charge in [-0.3, -0.25) is 9.36 Å². The van der Waals surface area contributed by atoms with Crippen molar-refractivity contribution in [1.29, 1.82) is 0 Å². The number of esters is 1. The molecule has 4 rings (SSSR count). The van der Waals surface area contributed by atoms with Gasteiger partial charge in [0.1, 0.15) is 10.8 Å². The molecule has 1 amide bonds. The molecule has 1 aromatic carbocycles. The molecule has 0 radical (unpaired) electrons. The second-order valence-electron chi connectivity index (χ2n) is 7.40. The molecular formula is C23H26N4O3S2. The van der Waals surface area contributed by atoms with Crippen LogP contribution in [0, 0.1) is 0 Å². The molecule has 168 valence electrons. The Hall–Kier alpha value is -2.65. The minimum Gasteiger partial charge on any atom is -0.462 e. The van der Waals surface area contributed by atoms with Gasteiger partial charge >= 0.3 is 5.97 Å². The number of para-hydroxylation sites is 1. The lowest BCUT2D eigenvalue weighted by Crippen LogP contribution is -2.17. The summed E-state index contributed by atoms with van der Waals surface area (Å²) in [5.74, 6) is 0.472. The van der Waals surface area contributed by atoms with Crippen LogP contribution in [0.4, 0.5) is 5.00 Å². The smallest absolute Gasteiger partial charge is 0.341 e. The van der Waals surface area contributed by atoms with Crippen LogP contribution < -0.4 is 5.32 Å². The van der Waals surface area contributed by atoms with Crippen LogP contribution in [0.2, 0.25) is 0 Å². The Balaban J connectivity index is 1.51. The number of thiophene rings is 1. The molecule has 2 heterocycles. The first-order valence-electron chi connectivity index (χ1n) is 10.9. The maximum absolute atomic E-state index is 12.8. The number of nitrogens with zero attached hydrogens (tertiary/aromatic N) is 3. The minimum atomic E-state index is -0.355. The lowest BCUT2D eigenvalue weighted by Gasteiger charge is -2.12. The van der Waals surface area contributed by atoms with E-state index >= 15 is 0 Å². The van der Waals surface area contributed by atoms with E-state index in [2.05, 4.69) is 15.5 Å². The van der Waals surface area contributed by atoms with Crippen molar-refractivity contribution in [2.24, 2.45) is 0 Å². The zero-order valence-electron chi connectivity index (χ0n) is 18.2. The second kappa shape index (κ2) is 10.3. The number of carbonyl (C=O) groups is 2. The summed E-state index contributed by atoms with van der Waals surface area (Å²) in [5.41, 5.74) is 2.54. The molecule has 32 heavy (non-hydrogen) atoms. The minimum absolute atomic E-state index is 0.166. The van der Waals surface area contributed by atoms with Gasteiger partial charge in [0.25, 0.3) is 0 Å². The predicted molar refractivity (Wildman–Crippen MR) is 127 cm³/mol. The highest BCUT2D eigenvalue weighted by molar-refractivity contribution is 7.99. The monoisotopic (exact) mass is 470 g/mol. The molecule has 7 nitrogen and oxygen atoms in total. The van der Waals surface area contributed by atoms with Crippen LogP contribution in [-0.4, -0.2) is 39.0 Å². The van der Waals surface area contributed by atoms with Gasteiger partial charge in [0.15, 0.2) is 5.16 Å². The average molecular weight is 471 g/mol. The number of rotatable bonds is 8. The molecule has 9 heteroatoms. The Morgan fingerprint density at radius 2 is 1.94 bits per heavy atom. The van der Waals surface area contributed by atoms with Gasteiger partial charge < -0.3 is 10.1 Å². The summed E-state index contributed by atoms with van der Waals surface area (Å²) < 4.78 is 7.25. The number of aromatic nitrogens is 3. The van der Waals surface area contributed by atoms with Crippen molar-refractivity contribution in [3.05, 3.63) is 52.2 Å². The van der Waals surface area contributed by atoms with E-state index in [4.69, 9.17) is 4.74 Å². The number of anilines is 1. The number of carbonyl (C=O) groups excluding carboxylic acids is 2. The van der Waals surface area contributed by atoms with Crippen molar-refractivity contribution < 1.29 is 14.3 Å². The highest BCUT2D eigenvalue weighted by Gasteiger charge is 2.27. The van der Waals surface area contributed by atoms with Crippen molar-refractivity contribution in [3.8, 4) is 5.69 Å². The molecule has 0 spiro atoms. The normalized spacial score (nSPS) is 12.9. The van der Waals surface area contributed by atoms with E-state index in [1.54, 1.807) is 6.92 Å². The fourth-order valence-electron chi connectivity index (χ4n) is 3.83. The number of fused-ring (bicyclic) bond motifs is 1. The van der Waals surface area contributed by atoms with Gasteiger partial charge in [-0.05, 0) is 50.3 Å². The lowest BCUT2D eigenvalue weighted by atomic mass is 9.95. The van der Waals surface area contributed by atoms with E-state index in [0.29, 0.717) is 22.3 Å². The molecule has 0 unspecified atom stereocenters. The van der Waals surface area contributed by atoms with Gasteiger partial charge in [-0.15, -0.1) is 21.5 Å². The van der Waals surface area contributed by atoms with E-state index in [9.17, 15) is 9.59 Å². The van der Waals surface area contributed by atoms with Gasteiger partial charge in [0, 0.05) is 17.0 Å². The third-order valence-electron chi connectivity index (χ3n) is 5.27. The van der Waals surface area contributed by atoms with Crippen LogP contribution >= 0.6 is 23.1 Å². The third kappa shape index (κ3) is 4.73. The fourth-order valence-corrected chi connectivity index (χ4v) is 5.89. The highest BCUT2D eigenvalue weighted by Crippen LogP contribution is 2.38. The SMILES string of the molecule is CCOC(=O)c1c(NC(=O)CSc2nnc(CC)n2-c2ccccc2)sc2c1CCCC2. The number of aryl methyl sites for hydroxylation is 2. The average Bonchev–Trinajstić information content (AvgIpc) is 3.39. The summed E-state index contributed by atoms with van der Waals surface area (Å²) in [6.45, 7) is 4.13. The zero-order valence-corrected chi connectivity index (χ0v) is 19.9. The maximum Gasteiger partial charge on any atom is 0.341 e. The van der Waals surface area contributed by atoms with Gasteiger partial charge in [0.05, 0.1) is 17.9 Å². The van der Waals surface area contributed by atoms with Crippen LogP contribution in [0.5, 0.6) is 0 Å². The lowest BCUT2D eigenvalue weighted by molar-refractivity contribution is -0.113. The van der Waals surface area contributed by atoms with Gasteiger partial charge in [-0.25, -0.2) is 4.79 Å². The largest absolute Gasteiger partial charge is 0.462 e. The predicted octanol–water partition coefficient (Wildman–Crippen LogP) is 4.68. The van der Waals surface area contributed by atoms with Crippen molar-refractivity contribution in [2.75, 3.05) is 17.7 Å². The van der Waals surface area contributed by atoms with Crippen molar-refractivity contribution >= 4 is 40.0 Å². The first-order chi connectivity index (χ1) is 15.6. The third-order valence-corrected chi connectivity index (χ3v) is 7.40. The number of ether oxygens (including phenoxy) is 1. The molecule has 1 N–H and O–H groups in total. The van der Waals surface area contributed by atoms with Crippen LogP contribution in [0.3, 0.4) is 0 Å². The maximum atomic E-state index is 12.8. The van der Waals surface area contributed by atoms with E-state index in [0.717, 1.165) is 49.2 Å². The summed E-state index contributed by atoms with van der Waals surface area (Å²) in [6, 6.07) is 9.88. The molecule has 2 aromatic heterocycles. The molecule has 0 bridgehead atoms. The number of amides is 1. The molecule has 1 aliphatic rings. The standard InChI is InChI=1S/C23H26N4O3S2/c1-3-18-25-26-23(27(18)15-10-6-5-7-11-15)31-14-19(28)24-21-20(22(29)30-4-2)16-12-8-9-13-17(16)32-21/h5-7,10-11H,3-4,8-9,12-14H2,1-2H3,(H,24,28). The van der Waals surface area contributed by atoms with Crippen molar-refractivity contribution in [2.45, 2.75) is 51.1 Å². The molecule has 0 fully saturated rings. The Kier molecular flexibility index (Phi) is 7.26. The van der Waals surface area contributed by atoms with Gasteiger partial charge in [-0.2, -0.15) is 0 Å². The molecule has 3 aromatic rings. The summed E-state index contributed by atoms with van der Waals surface area (Å²) in [6.07, 6.45) is 4.68. The number of nitrogens with one attached hydrogen (secondary N) is 1. The number of hydrogen-bond acceptors (Lipinski definition) is 7. The molecule has 0 aliphatic heterocycles. The highest BCUT2D eigenvalue weighted by atomic mass is 32.2. The summed E-state index contributed by atoms with van der Waals surface area (Å²) in [5, 5.41) is 12.8. The van der Waals surface area contributed by atoms with Crippen LogP contribution in [-0.2, 0) is 28.8 Å². The fraction of sp³-hybridized carbons (Fsp3) is 0.391. The van der Waals surface area contributed by atoms with Crippen LogP contribution in [0.1, 0.15) is 53.3 Å². The van der Waals surface area contributed by atoms with E-state index in [1.807, 2.05) is 41.8 Å². The quantitative estimate of drug-likeness (QED) is 0.380. The molecule has 0 saturated heterocycles.